The molecule has 0 unspecified atom stereocenters. The summed E-state index contributed by atoms with van der Waals surface area (Å²) in [5.41, 5.74) is 1.51. The summed E-state index contributed by atoms with van der Waals surface area (Å²) >= 11 is 6.57. The highest BCUT2D eigenvalue weighted by molar-refractivity contribution is 7.17. The van der Waals surface area contributed by atoms with Gasteiger partial charge in [-0.15, -0.1) is 10.2 Å². The van der Waals surface area contributed by atoms with E-state index in [0.717, 1.165) is 22.6 Å². The van der Waals surface area contributed by atoms with E-state index in [-0.39, 0.29) is 9.47 Å². The largest absolute Gasteiger partial charge is 0.338 e. The van der Waals surface area contributed by atoms with E-state index in [4.69, 9.17) is 16.1 Å². The van der Waals surface area contributed by atoms with Crippen LogP contribution in [0, 0.1) is 13.8 Å². The Morgan fingerprint density at radius 3 is 2.69 bits per heavy atom. The smallest absolute Gasteiger partial charge is 0.289 e. The van der Waals surface area contributed by atoms with Crippen molar-refractivity contribution in [1.29, 1.82) is 0 Å². The third-order valence-electron chi connectivity index (χ3n) is 1.98. The molecule has 0 bridgehead atoms. The van der Waals surface area contributed by atoms with Crippen LogP contribution < -0.4 is 5.32 Å². The van der Waals surface area contributed by atoms with Crippen LogP contribution in [-0.4, -0.2) is 21.3 Å². The maximum atomic E-state index is 11.6. The fourth-order valence-corrected chi connectivity index (χ4v) is 1.71. The Bertz CT molecular complexity index is 536. The zero-order chi connectivity index (χ0) is 11.7. The molecular formula is C8H7ClN4O2S. The Hall–Kier alpha value is -1.47. The van der Waals surface area contributed by atoms with Gasteiger partial charge in [0.2, 0.25) is 15.4 Å². The number of hydrogen-bond donors (Lipinski definition) is 1. The number of aryl methyl sites for hydroxylation is 1. The Morgan fingerprint density at radius 2 is 2.19 bits per heavy atom. The average molecular weight is 259 g/mol. The summed E-state index contributed by atoms with van der Waals surface area (Å²) in [5.74, 6) is -0.0996. The summed E-state index contributed by atoms with van der Waals surface area (Å²) in [4.78, 5) is 11.6. The van der Waals surface area contributed by atoms with Crippen molar-refractivity contribution in [3.8, 4) is 0 Å². The SMILES string of the molecule is Cc1noc(NC(=O)c2nnc(Cl)s2)c1C. The van der Waals surface area contributed by atoms with Gasteiger partial charge in [0.05, 0.1) is 5.69 Å². The van der Waals surface area contributed by atoms with E-state index in [1.807, 2.05) is 0 Å². The molecule has 0 aliphatic rings. The average Bonchev–Trinajstić information content (AvgIpc) is 2.79. The van der Waals surface area contributed by atoms with Crippen LogP contribution in [0.2, 0.25) is 4.47 Å². The lowest BCUT2D eigenvalue weighted by molar-refractivity contribution is 0.102. The number of aromatic nitrogens is 3. The van der Waals surface area contributed by atoms with Gasteiger partial charge in [0.25, 0.3) is 5.91 Å². The monoisotopic (exact) mass is 258 g/mol. The number of hydrogen-bond acceptors (Lipinski definition) is 6. The third-order valence-corrected chi connectivity index (χ3v) is 3.00. The molecule has 0 saturated carbocycles. The molecule has 0 aliphatic carbocycles. The minimum atomic E-state index is -0.413. The van der Waals surface area contributed by atoms with Crippen LogP contribution in [0.15, 0.2) is 4.52 Å². The molecule has 0 aromatic carbocycles. The van der Waals surface area contributed by atoms with Gasteiger partial charge >= 0.3 is 0 Å². The van der Waals surface area contributed by atoms with Crippen LogP contribution >= 0.6 is 22.9 Å². The molecule has 0 atom stereocenters. The van der Waals surface area contributed by atoms with Crippen LogP contribution in [-0.2, 0) is 0 Å². The zero-order valence-electron chi connectivity index (χ0n) is 8.44. The van der Waals surface area contributed by atoms with Crippen LogP contribution in [0.4, 0.5) is 5.88 Å². The number of nitrogens with one attached hydrogen (secondary N) is 1. The first-order chi connectivity index (χ1) is 7.58. The zero-order valence-corrected chi connectivity index (χ0v) is 10.0. The Morgan fingerprint density at radius 1 is 1.44 bits per heavy atom. The summed E-state index contributed by atoms with van der Waals surface area (Å²) in [6.45, 7) is 3.59. The first-order valence-corrected chi connectivity index (χ1v) is 5.50. The molecule has 1 N–H and O–H groups in total. The summed E-state index contributed by atoms with van der Waals surface area (Å²) < 4.78 is 5.15. The van der Waals surface area contributed by atoms with Gasteiger partial charge in [-0.3, -0.25) is 10.1 Å². The van der Waals surface area contributed by atoms with Crippen molar-refractivity contribution in [2.75, 3.05) is 5.32 Å². The Labute approximate surface area is 99.6 Å². The van der Waals surface area contributed by atoms with Gasteiger partial charge < -0.3 is 4.52 Å². The van der Waals surface area contributed by atoms with Gasteiger partial charge in [-0.1, -0.05) is 16.5 Å². The Balaban J connectivity index is 2.17. The summed E-state index contributed by atoms with van der Waals surface area (Å²) in [6, 6.07) is 0. The van der Waals surface area contributed by atoms with E-state index in [1.165, 1.54) is 0 Å². The second-order valence-electron chi connectivity index (χ2n) is 3.04. The van der Waals surface area contributed by atoms with Gasteiger partial charge in [0, 0.05) is 5.56 Å². The lowest BCUT2D eigenvalue weighted by atomic mass is 10.3. The van der Waals surface area contributed by atoms with E-state index >= 15 is 0 Å². The molecule has 2 heterocycles. The fraction of sp³-hybridized carbons (Fsp3) is 0.250. The first kappa shape index (κ1) is 11.0. The van der Waals surface area contributed by atoms with Crippen LogP contribution in [0.3, 0.4) is 0 Å². The molecule has 8 heteroatoms. The van der Waals surface area contributed by atoms with E-state index in [0.29, 0.717) is 5.88 Å². The van der Waals surface area contributed by atoms with Crippen molar-refractivity contribution >= 4 is 34.7 Å². The third kappa shape index (κ3) is 2.05. The number of amides is 1. The number of carbonyl (C=O) groups is 1. The van der Waals surface area contributed by atoms with Crippen molar-refractivity contribution in [1.82, 2.24) is 15.4 Å². The van der Waals surface area contributed by atoms with Crippen LogP contribution in [0.5, 0.6) is 0 Å². The summed E-state index contributed by atoms with van der Waals surface area (Å²) in [5, 5.41) is 13.6. The summed E-state index contributed by atoms with van der Waals surface area (Å²) in [6.07, 6.45) is 0. The number of carbonyl (C=O) groups excluding carboxylic acids is 1. The molecule has 0 radical (unpaired) electrons. The fourth-order valence-electron chi connectivity index (χ4n) is 0.986. The second-order valence-corrected chi connectivity index (χ2v) is 4.60. The molecule has 6 nitrogen and oxygen atoms in total. The molecule has 16 heavy (non-hydrogen) atoms. The van der Waals surface area contributed by atoms with Crippen LogP contribution in [0.25, 0.3) is 0 Å². The predicted molar refractivity (Wildman–Crippen MR) is 58.8 cm³/mol. The van der Waals surface area contributed by atoms with Crippen molar-refractivity contribution in [2.45, 2.75) is 13.8 Å². The Kier molecular flexibility index (Phi) is 2.88. The number of anilines is 1. The minimum absolute atomic E-state index is 0.179. The van der Waals surface area contributed by atoms with Gasteiger partial charge in [0.15, 0.2) is 0 Å². The minimum Gasteiger partial charge on any atom is -0.338 e. The highest BCUT2D eigenvalue weighted by Gasteiger charge is 2.16. The molecule has 84 valence electrons. The standard InChI is InChI=1S/C8H7ClN4O2S/c1-3-4(2)13-15-6(3)10-5(14)7-11-12-8(9)16-7/h1-2H3,(H,10,14). The highest BCUT2D eigenvalue weighted by Crippen LogP contribution is 2.20. The topological polar surface area (TPSA) is 80.9 Å². The van der Waals surface area contributed by atoms with Crippen molar-refractivity contribution < 1.29 is 9.32 Å². The van der Waals surface area contributed by atoms with E-state index in [9.17, 15) is 4.79 Å². The number of rotatable bonds is 2. The molecule has 1 amide bonds. The summed E-state index contributed by atoms with van der Waals surface area (Å²) in [7, 11) is 0. The van der Waals surface area contributed by atoms with Crippen molar-refractivity contribution in [2.24, 2.45) is 0 Å². The van der Waals surface area contributed by atoms with Crippen LogP contribution in [0.1, 0.15) is 21.1 Å². The van der Waals surface area contributed by atoms with E-state index < -0.39 is 5.91 Å². The lowest BCUT2D eigenvalue weighted by Gasteiger charge is -1.97. The first-order valence-electron chi connectivity index (χ1n) is 4.31. The second kappa shape index (κ2) is 4.18. The predicted octanol–water partition coefficient (Wildman–Crippen LogP) is 2.05. The highest BCUT2D eigenvalue weighted by atomic mass is 35.5. The molecule has 0 saturated heterocycles. The van der Waals surface area contributed by atoms with Crippen molar-refractivity contribution in [3.05, 3.63) is 20.7 Å². The molecule has 2 rings (SSSR count). The molecular weight excluding hydrogens is 252 g/mol. The number of nitrogens with zero attached hydrogens (tertiary/aromatic N) is 3. The molecule has 0 fully saturated rings. The van der Waals surface area contributed by atoms with Gasteiger partial charge in [-0.2, -0.15) is 0 Å². The maximum absolute atomic E-state index is 11.6. The van der Waals surface area contributed by atoms with Gasteiger partial charge in [0.1, 0.15) is 0 Å². The van der Waals surface area contributed by atoms with Gasteiger partial charge in [-0.25, -0.2) is 0 Å². The molecule has 2 aromatic rings. The maximum Gasteiger partial charge on any atom is 0.289 e. The number of halogens is 1. The van der Waals surface area contributed by atoms with E-state index in [1.54, 1.807) is 13.8 Å². The normalized spacial score (nSPS) is 10.4. The van der Waals surface area contributed by atoms with Gasteiger partial charge in [-0.05, 0) is 25.4 Å². The quantitative estimate of drug-likeness (QED) is 0.892. The van der Waals surface area contributed by atoms with E-state index in [2.05, 4.69) is 20.7 Å². The molecule has 2 aromatic heterocycles. The lowest BCUT2D eigenvalue weighted by Crippen LogP contribution is -2.11. The molecule has 0 spiro atoms. The molecule has 0 aliphatic heterocycles. The van der Waals surface area contributed by atoms with Crippen molar-refractivity contribution in [3.63, 3.8) is 0 Å².